The molecule has 2 fully saturated rings. The van der Waals surface area contributed by atoms with Crippen molar-refractivity contribution >= 4 is 11.8 Å². The van der Waals surface area contributed by atoms with Gasteiger partial charge >= 0.3 is 0 Å². The maximum Gasteiger partial charge on any atom is 0.253 e. The number of carbonyl (C=O) groups excluding carboxylic acids is 2. The number of amides is 2. The lowest BCUT2D eigenvalue weighted by atomic mass is 9.95. The Balaban J connectivity index is 1.47. The van der Waals surface area contributed by atoms with E-state index in [1.807, 2.05) is 24.0 Å². The zero-order valence-electron chi connectivity index (χ0n) is 16.0. The average molecular weight is 384 g/mol. The van der Waals surface area contributed by atoms with Crippen LogP contribution in [0.3, 0.4) is 0 Å². The number of hydrogen-bond acceptors (Lipinski definition) is 3. The quantitative estimate of drug-likeness (QED) is 0.782. The maximum absolute atomic E-state index is 13.4. The van der Waals surface area contributed by atoms with Gasteiger partial charge in [-0.15, -0.1) is 0 Å². The third-order valence-electron chi connectivity index (χ3n) is 5.72. The topological polar surface area (TPSA) is 53.8 Å². The van der Waals surface area contributed by atoms with Gasteiger partial charge in [0.15, 0.2) is 0 Å². The molecule has 1 saturated heterocycles. The van der Waals surface area contributed by atoms with Crippen LogP contribution in [-0.4, -0.2) is 40.7 Å². The molecule has 4 rings (SSSR count). The third kappa shape index (κ3) is 3.81. The van der Waals surface area contributed by atoms with E-state index in [9.17, 15) is 14.0 Å². The van der Waals surface area contributed by atoms with Gasteiger partial charge in [-0.25, -0.2) is 4.39 Å². The second-order valence-electron chi connectivity index (χ2n) is 7.77. The molecule has 1 aliphatic carbocycles. The summed E-state index contributed by atoms with van der Waals surface area (Å²) in [6.45, 7) is 3.03. The molecular weight excluding hydrogens is 359 g/mol. The van der Waals surface area contributed by atoms with Crippen molar-refractivity contribution in [2.24, 2.45) is 5.92 Å². The summed E-state index contributed by atoms with van der Waals surface area (Å²) in [4.78, 5) is 29.8. The van der Waals surface area contributed by atoms with Crippen molar-refractivity contribution in [1.29, 1.82) is 0 Å². The van der Waals surface area contributed by atoms with Crippen molar-refractivity contribution in [3.63, 3.8) is 0 Å². The molecule has 28 heavy (non-hydrogen) atoms. The van der Waals surface area contributed by atoms with Crippen LogP contribution in [-0.2, 0) is 4.79 Å². The molecule has 1 aliphatic heterocycles. The Labute approximate surface area is 164 Å². The SMILES string of the molecule is CC(c1ccco1)N(C(=O)C1CCCN(C(=O)c2ccc(F)cc2)C1)C1CC1. The van der Waals surface area contributed by atoms with Crippen molar-refractivity contribution in [2.45, 2.75) is 44.7 Å². The number of halogens is 1. The van der Waals surface area contributed by atoms with Crippen molar-refractivity contribution in [3.05, 3.63) is 59.8 Å². The van der Waals surface area contributed by atoms with Crippen molar-refractivity contribution in [3.8, 4) is 0 Å². The first-order valence-corrected chi connectivity index (χ1v) is 9.95. The first-order chi connectivity index (χ1) is 13.5. The molecule has 2 aliphatic rings. The summed E-state index contributed by atoms with van der Waals surface area (Å²) < 4.78 is 18.7. The lowest BCUT2D eigenvalue weighted by molar-refractivity contribution is -0.140. The van der Waals surface area contributed by atoms with Crippen LogP contribution in [0.25, 0.3) is 0 Å². The summed E-state index contributed by atoms with van der Waals surface area (Å²) in [6.07, 6.45) is 5.23. The van der Waals surface area contributed by atoms with Gasteiger partial charge in [0, 0.05) is 24.7 Å². The normalized spacial score (nSPS) is 20.6. The van der Waals surface area contributed by atoms with E-state index < -0.39 is 0 Å². The number of furan rings is 1. The largest absolute Gasteiger partial charge is 0.467 e. The molecule has 2 amide bonds. The maximum atomic E-state index is 13.4. The van der Waals surface area contributed by atoms with Crippen molar-refractivity contribution in [2.75, 3.05) is 13.1 Å². The summed E-state index contributed by atoms with van der Waals surface area (Å²) in [5.41, 5.74) is 0.456. The number of rotatable bonds is 5. The highest BCUT2D eigenvalue weighted by Gasteiger charge is 2.41. The molecule has 1 aromatic heterocycles. The molecule has 2 aromatic rings. The van der Waals surface area contributed by atoms with Gasteiger partial charge in [0.2, 0.25) is 5.91 Å². The Hall–Kier alpha value is -2.63. The lowest BCUT2D eigenvalue weighted by Crippen LogP contribution is -2.48. The van der Waals surface area contributed by atoms with E-state index in [1.165, 1.54) is 24.3 Å². The van der Waals surface area contributed by atoms with E-state index in [2.05, 4.69) is 0 Å². The van der Waals surface area contributed by atoms with Gasteiger partial charge in [0.05, 0.1) is 18.2 Å². The first-order valence-electron chi connectivity index (χ1n) is 9.95. The van der Waals surface area contributed by atoms with Crippen LogP contribution in [0.5, 0.6) is 0 Å². The van der Waals surface area contributed by atoms with Gasteiger partial charge in [-0.3, -0.25) is 9.59 Å². The summed E-state index contributed by atoms with van der Waals surface area (Å²) in [5.74, 6) is 0.166. The summed E-state index contributed by atoms with van der Waals surface area (Å²) >= 11 is 0. The molecule has 0 bridgehead atoms. The van der Waals surface area contributed by atoms with Crippen LogP contribution in [0.15, 0.2) is 47.1 Å². The first kappa shape index (κ1) is 18.7. The van der Waals surface area contributed by atoms with Gasteiger partial charge < -0.3 is 14.2 Å². The predicted octanol–water partition coefficient (Wildman–Crippen LogP) is 4.02. The molecule has 6 heteroatoms. The Bertz CT molecular complexity index is 830. The molecule has 0 radical (unpaired) electrons. The van der Waals surface area contributed by atoms with Crippen LogP contribution in [0.4, 0.5) is 4.39 Å². The van der Waals surface area contributed by atoms with Crippen molar-refractivity contribution in [1.82, 2.24) is 9.80 Å². The van der Waals surface area contributed by atoms with E-state index in [0.29, 0.717) is 18.7 Å². The van der Waals surface area contributed by atoms with Gasteiger partial charge in [0.25, 0.3) is 5.91 Å². The van der Waals surface area contributed by atoms with E-state index in [0.717, 1.165) is 31.4 Å². The molecule has 5 nitrogen and oxygen atoms in total. The molecule has 2 unspecified atom stereocenters. The number of likely N-dealkylation sites (tertiary alicyclic amines) is 1. The van der Waals surface area contributed by atoms with E-state index in [1.54, 1.807) is 11.2 Å². The minimum atomic E-state index is -0.366. The number of benzene rings is 1. The molecule has 1 saturated carbocycles. The molecular formula is C22H25FN2O3. The van der Waals surface area contributed by atoms with Gasteiger partial charge in [-0.2, -0.15) is 0 Å². The minimum absolute atomic E-state index is 0.100. The van der Waals surface area contributed by atoms with Gasteiger partial charge in [-0.1, -0.05) is 0 Å². The third-order valence-corrected chi connectivity index (χ3v) is 5.72. The van der Waals surface area contributed by atoms with Crippen LogP contribution in [0, 0.1) is 11.7 Å². The second-order valence-corrected chi connectivity index (χ2v) is 7.77. The highest BCUT2D eigenvalue weighted by molar-refractivity contribution is 5.94. The predicted molar refractivity (Wildman–Crippen MR) is 102 cm³/mol. The van der Waals surface area contributed by atoms with Gasteiger partial charge in [0.1, 0.15) is 11.6 Å². The fourth-order valence-electron chi connectivity index (χ4n) is 4.05. The molecule has 1 aromatic carbocycles. The van der Waals surface area contributed by atoms with Crippen LogP contribution in [0.2, 0.25) is 0 Å². The van der Waals surface area contributed by atoms with Crippen LogP contribution >= 0.6 is 0 Å². The highest BCUT2D eigenvalue weighted by atomic mass is 19.1. The molecule has 148 valence electrons. The van der Waals surface area contributed by atoms with Gasteiger partial charge in [-0.05, 0) is 69.0 Å². The number of hydrogen-bond donors (Lipinski definition) is 0. The zero-order chi connectivity index (χ0) is 19.7. The monoisotopic (exact) mass is 384 g/mol. The Kier molecular flexibility index (Phi) is 5.20. The summed E-state index contributed by atoms with van der Waals surface area (Å²) in [6, 6.07) is 9.47. The Morgan fingerprint density at radius 1 is 1.18 bits per heavy atom. The minimum Gasteiger partial charge on any atom is -0.467 e. The van der Waals surface area contributed by atoms with Crippen molar-refractivity contribution < 1.29 is 18.4 Å². The fourth-order valence-corrected chi connectivity index (χ4v) is 4.05. The molecule has 2 heterocycles. The Morgan fingerprint density at radius 2 is 1.93 bits per heavy atom. The molecule has 0 spiro atoms. The number of carbonyl (C=O) groups is 2. The van der Waals surface area contributed by atoms with Crippen LogP contribution in [0.1, 0.15) is 54.8 Å². The number of piperidine rings is 1. The standard InChI is InChI=1S/C22H25FN2O3/c1-15(20-5-3-13-28-20)25(19-10-11-19)22(27)17-4-2-12-24(14-17)21(26)16-6-8-18(23)9-7-16/h3,5-9,13,15,17,19H,2,4,10-12,14H2,1H3. The number of nitrogens with zero attached hydrogens (tertiary/aromatic N) is 2. The van der Waals surface area contributed by atoms with E-state index in [-0.39, 0.29) is 35.6 Å². The Morgan fingerprint density at radius 3 is 2.57 bits per heavy atom. The zero-order valence-corrected chi connectivity index (χ0v) is 16.0. The van der Waals surface area contributed by atoms with E-state index in [4.69, 9.17) is 4.42 Å². The highest BCUT2D eigenvalue weighted by Crippen LogP contribution is 2.37. The smallest absolute Gasteiger partial charge is 0.253 e. The fraction of sp³-hybridized carbons (Fsp3) is 0.455. The summed E-state index contributed by atoms with van der Waals surface area (Å²) in [5, 5.41) is 0. The summed E-state index contributed by atoms with van der Waals surface area (Å²) in [7, 11) is 0. The molecule has 0 N–H and O–H groups in total. The van der Waals surface area contributed by atoms with E-state index >= 15 is 0 Å². The lowest BCUT2D eigenvalue weighted by Gasteiger charge is -2.37. The van der Waals surface area contributed by atoms with Crippen LogP contribution < -0.4 is 0 Å². The molecule has 2 atom stereocenters. The average Bonchev–Trinajstić information content (AvgIpc) is 3.39. The second kappa shape index (κ2) is 7.78.